The van der Waals surface area contributed by atoms with Crippen molar-refractivity contribution in [2.75, 3.05) is 5.32 Å². The predicted molar refractivity (Wildman–Crippen MR) is 79.0 cm³/mol. The van der Waals surface area contributed by atoms with Crippen molar-refractivity contribution in [2.24, 2.45) is 23.2 Å². The smallest absolute Gasteiger partial charge is 0.325 e. The van der Waals surface area contributed by atoms with E-state index in [0.29, 0.717) is 6.42 Å². The number of nitrogens with one attached hydrogen (secondary N) is 1. The molecule has 3 fully saturated rings. The van der Waals surface area contributed by atoms with Crippen molar-refractivity contribution in [3.05, 3.63) is 29.8 Å². The number of halogens is 3. The van der Waals surface area contributed by atoms with E-state index in [9.17, 15) is 27.6 Å². The summed E-state index contributed by atoms with van der Waals surface area (Å²) in [4.78, 5) is 37.1. The first-order valence-corrected chi connectivity index (χ1v) is 7.59. The maximum atomic E-state index is 12.7. The van der Waals surface area contributed by atoms with Gasteiger partial charge in [0, 0.05) is 17.5 Å². The number of anilines is 1. The minimum absolute atomic E-state index is 0.0890. The number of carbonyl (C=O) groups is 3. The highest BCUT2D eigenvalue weighted by atomic mass is 19.4. The van der Waals surface area contributed by atoms with Crippen molar-refractivity contribution in [1.29, 1.82) is 0 Å². The standard InChI is InChI=1S/C17H16F3NO3/c1-16(2)10-7-11(16)14(23)12(13(10)22)15(24)21-9-5-3-4-8(6-9)17(18,19)20/h3-6,10-12H,7H2,1-2H3,(H,21,24). The van der Waals surface area contributed by atoms with E-state index in [1.807, 2.05) is 13.8 Å². The molecule has 2 bridgehead atoms. The summed E-state index contributed by atoms with van der Waals surface area (Å²) in [5.41, 5.74) is -1.44. The van der Waals surface area contributed by atoms with Crippen LogP contribution in [0.5, 0.6) is 0 Å². The maximum Gasteiger partial charge on any atom is 0.416 e. The Balaban J connectivity index is 1.79. The zero-order valence-corrected chi connectivity index (χ0v) is 13.1. The molecule has 0 aromatic heterocycles. The molecule has 1 N–H and O–H groups in total. The molecule has 0 heterocycles. The SMILES string of the molecule is CC1(C)C2CC1C(=O)C(C(=O)Nc1cccc(C(F)(F)F)c1)C2=O. The third kappa shape index (κ3) is 2.42. The average Bonchev–Trinajstić information content (AvgIpc) is 2.45. The highest BCUT2D eigenvalue weighted by Gasteiger charge is 2.63. The number of ketones is 2. The Hall–Kier alpha value is -2.18. The van der Waals surface area contributed by atoms with Crippen LogP contribution in [0.4, 0.5) is 18.9 Å². The Morgan fingerprint density at radius 3 is 2.25 bits per heavy atom. The lowest BCUT2D eigenvalue weighted by molar-refractivity contribution is -0.169. The number of Topliss-reactive ketones (excluding diaryl/α,β-unsaturated/α-hetero) is 2. The van der Waals surface area contributed by atoms with Crippen LogP contribution in [0, 0.1) is 23.2 Å². The molecular formula is C17H16F3NO3. The summed E-state index contributed by atoms with van der Waals surface area (Å²) in [5, 5.41) is 2.27. The van der Waals surface area contributed by atoms with Gasteiger partial charge in [0.25, 0.3) is 0 Å². The lowest BCUT2D eigenvalue weighted by Crippen LogP contribution is -2.63. The number of rotatable bonds is 2. The van der Waals surface area contributed by atoms with Gasteiger partial charge in [0.05, 0.1) is 5.56 Å². The van der Waals surface area contributed by atoms with Crippen LogP contribution in [0.1, 0.15) is 25.8 Å². The molecule has 1 aromatic carbocycles. The zero-order valence-electron chi connectivity index (χ0n) is 13.1. The van der Waals surface area contributed by atoms with Crippen LogP contribution in [0.2, 0.25) is 0 Å². The molecule has 24 heavy (non-hydrogen) atoms. The van der Waals surface area contributed by atoms with Crippen LogP contribution in [-0.4, -0.2) is 17.5 Å². The Morgan fingerprint density at radius 2 is 1.75 bits per heavy atom. The largest absolute Gasteiger partial charge is 0.416 e. The van der Waals surface area contributed by atoms with E-state index in [1.165, 1.54) is 6.07 Å². The second-order valence-electron chi connectivity index (χ2n) is 6.97. The van der Waals surface area contributed by atoms with Gasteiger partial charge in [-0.3, -0.25) is 14.4 Å². The van der Waals surface area contributed by atoms with Gasteiger partial charge in [-0.25, -0.2) is 0 Å². The number of alkyl halides is 3. The molecule has 0 saturated heterocycles. The fourth-order valence-corrected chi connectivity index (χ4v) is 3.68. The number of benzene rings is 1. The first kappa shape index (κ1) is 16.7. The third-order valence-corrected chi connectivity index (χ3v) is 5.24. The second kappa shape index (κ2) is 5.16. The maximum absolute atomic E-state index is 12.7. The average molecular weight is 339 g/mol. The Kier molecular flexibility index (Phi) is 3.58. The fraction of sp³-hybridized carbons (Fsp3) is 0.471. The van der Waals surface area contributed by atoms with Crippen molar-refractivity contribution in [3.63, 3.8) is 0 Å². The molecule has 0 aliphatic heterocycles. The summed E-state index contributed by atoms with van der Waals surface area (Å²) in [7, 11) is 0. The predicted octanol–water partition coefficient (Wildman–Crippen LogP) is 3.07. The van der Waals surface area contributed by atoms with Gasteiger partial charge in [0.15, 0.2) is 17.5 Å². The van der Waals surface area contributed by atoms with E-state index in [1.54, 1.807) is 0 Å². The van der Waals surface area contributed by atoms with Crippen molar-refractivity contribution in [3.8, 4) is 0 Å². The van der Waals surface area contributed by atoms with Gasteiger partial charge in [0.2, 0.25) is 5.91 Å². The summed E-state index contributed by atoms with van der Waals surface area (Å²) >= 11 is 0. The van der Waals surface area contributed by atoms with Gasteiger partial charge in [-0.05, 0) is 30.0 Å². The molecule has 2 atom stereocenters. The first-order chi connectivity index (χ1) is 11.0. The molecule has 1 amide bonds. The molecule has 4 rings (SSSR count). The van der Waals surface area contributed by atoms with E-state index < -0.39 is 40.5 Å². The monoisotopic (exact) mass is 339 g/mol. The summed E-state index contributed by atoms with van der Waals surface area (Å²) in [6, 6.07) is 4.10. The number of hydrogen-bond acceptors (Lipinski definition) is 3. The highest BCUT2D eigenvalue weighted by molar-refractivity contribution is 6.25. The van der Waals surface area contributed by atoms with E-state index >= 15 is 0 Å². The molecule has 3 saturated carbocycles. The van der Waals surface area contributed by atoms with E-state index in [4.69, 9.17) is 0 Å². The van der Waals surface area contributed by atoms with Crippen molar-refractivity contribution in [1.82, 2.24) is 0 Å². The second-order valence-corrected chi connectivity index (χ2v) is 6.97. The van der Waals surface area contributed by atoms with Crippen LogP contribution in [0.15, 0.2) is 24.3 Å². The van der Waals surface area contributed by atoms with Gasteiger partial charge in [-0.1, -0.05) is 19.9 Å². The van der Waals surface area contributed by atoms with Crippen LogP contribution in [-0.2, 0) is 20.6 Å². The number of fused-ring (bicyclic) bond motifs is 2. The molecular weight excluding hydrogens is 323 g/mol. The van der Waals surface area contributed by atoms with Crippen LogP contribution in [0.25, 0.3) is 0 Å². The normalized spacial score (nSPS) is 28.3. The van der Waals surface area contributed by atoms with E-state index in [2.05, 4.69) is 5.32 Å². The topological polar surface area (TPSA) is 63.2 Å². The molecule has 128 valence electrons. The van der Waals surface area contributed by atoms with Crippen molar-refractivity contribution < 1.29 is 27.6 Å². The number of carbonyl (C=O) groups excluding carboxylic acids is 3. The first-order valence-electron chi connectivity index (χ1n) is 7.59. The van der Waals surface area contributed by atoms with E-state index in [-0.39, 0.29) is 17.5 Å². The summed E-state index contributed by atoms with van der Waals surface area (Å²) < 4.78 is 38.1. The molecule has 1 aromatic rings. The van der Waals surface area contributed by atoms with Gasteiger partial charge >= 0.3 is 6.18 Å². The van der Waals surface area contributed by atoms with Gasteiger partial charge < -0.3 is 5.32 Å². The molecule has 3 aliphatic carbocycles. The lowest BCUT2D eigenvalue weighted by Gasteiger charge is -2.55. The van der Waals surface area contributed by atoms with Gasteiger partial charge in [-0.15, -0.1) is 0 Å². The van der Waals surface area contributed by atoms with Crippen molar-refractivity contribution in [2.45, 2.75) is 26.4 Å². The molecule has 0 spiro atoms. The highest BCUT2D eigenvalue weighted by Crippen LogP contribution is 2.57. The van der Waals surface area contributed by atoms with Crippen LogP contribution in [0.3, 0.4) is 0 Å². The number of amides is 1. The quantitative estimate of drug-likeness (QED) is 0.842. The third-order valence-electron chi connectivity index (χ3n) is 5.24. The summed E-state index contributed by atoms with van der Waals surface area (Å²) in [6.07, 6.45) is -4.08. The summed E-state index contributed by atoms with van der Waals surface area (Å²) in [5.74, 6) is -3.84. The molecule has 2 unspecified atom stereocenters. The van der Waals surface area contributed by atoms with Crippen LogP contribution >= 0.6 is 0 Å². The van der Waals surface area contributed by atoms with Crippen molar-refractivity contribution >= 4 is 23.2 Å². The van der Waals surface area contributed by atoms with E-state index in [0.717, 1.165) is 18.2 Å². The minimum atomic E-state index is -4.54. The van der Waals surface area contributed by atoms with Crippen LogP contribution < -0.4 is 5.32 Å². The Bertz CT molecular complexity index is 715. The summed E-state index contributed by atoms with van der Waals surface area (Å²) in [6.45, 7) is 3.64. The molecule has 3 aliphatic rings. The number of hydrogen-bond donors (Lipinski definition) is 1. The fourth-order valence-electron chi connectivity index (χ4n) is 3.68. The van der Waals surface area contributed by atoms with Gasteiger partial charge in [-0.2, -0.15) is 13.2 Å². The Morgan fingerprint density at radius 1 is 1.17 bits per heavy atom. The Labute approximate surface area is 136 Å². The molecule has 4 nitrogen and oxygen atoms in total. The molecule has 0 radical (unpaired) electrons. The minimum Gasteiger partial charge on any atom is -0.325 e. The van der Waals surface area contributed by atoms with Gasteiger partial charge in [0.1, 0.15) is 0 Å². The molecule has 7 heteroatoms. The lowest BCUT2D eigenvalue weighted by atomic mass is 9.45. The zero-order chi connectivity index (χ0) is 17.9.